The van der Waals surface area contributed by atoms with Crippen LogP contribution in [0.15, 0.2) is 53.5 Å². The van der Waals surface area contributed by atoms with Gasteiger partial charge in [-0.15, -0.1) is 0 Å². The van der Waals surface area contributed by atoms with Gasteiger partial charge in [-0.05, 0) is 37.1 Å². The molecule has 156 valence electrons. The van der Waals surface area contributed by atoms with Crippen LogP contribution in [0.25, 0.3) is 0 Å². The molecule has 0 spiro atoms. The molecule has 2 aliphatic heterocycles. The SMILES string of the molecule is CCN(Cc1ccccc1)C(=O)CCCOc1ccc2c(c1)CN1CC(=O)NC1=N2. The summed E-state index contributed by atoms with van der Waals surface area (Å²) in [7, 11) is 0. The lowest BCUT2D eigenvalue weighted by atomic mass is 10.1. The summed E-state index contributed by atoms with van der Waals surface area (Å²) in [5.74, 6) is 1.49. The van der Waals surface area contributed by atoms with E-state index in [1.54, 1.807) is 0 Å². The van der Waals surface area contributed by atoms with Crippen molar-refractivity contribution in [2.24, 2.45) is 4.99 Å². The largest absolute Gasteiger partial charge is 0.494 e. The Bertz CT molecular complexity index is 958. The normalized spacial score (nSPS) is 14.5. The van der Waals surface area contributed by atoms with Gasteiger partial charge in [-0.3, -0.25) is 14.9 Å². The molecule has 1 saturated heterocycles. The minimum Gasteiger partial charge on any atom is -0.494 e. The molecule has 2 aromatic carbocycles. The first kappa shape index (κ1) is 19.9. The molecule has 1 fully saturated rings. The Hall–Kier alpha value is -3.35. The maximum Gasteiger partial charge on any atom is 0.246 e. The van der Waals surface area contributed by atoms with Crippen LogP contribution < -0.4 is 10.1 Å². The van der Waals surface area contributed by atoms with E-state index in [0.717, 1.165) is 22.6 Å². The van der Waals surface area contributed by atoms with Crippen molar-refractivity contribution in [3.63, 3.8) is 0 Å². The zero-order valence-electron chi connectivity index (χ0n) is 17.1. The Morgan fingerprint density at radius 1 is 1.20 bits per heavy atom. The van der Waals surface area contributed by atoms with Crippen molar-refractivity contribution in [1.29, 1.82) is 0 Å². The Kier molecular flexibility index (Phi) is 5.97. The minimum atomic E-state index is -0.0314. The molecule has 7 nitrogen and oxygen atoms in total. The Balaban J connectivity index is 1.26. The number of rotatable bonds is 8. The highest BCUT2D eigenvalue weighted by molar-refractivity contribution is 6.05. The highest BCUT2D eigenvalue weighted by atomic mass is 16.5. The van der Waals surface area contributed by atoms with Crippen LogP contribution in [0.2, 0.25) is 0 Å². The third-order valence-corrected chi connectivity index (χ3v) is 5.28. The molecular formula is C23H26N4O3. The molecule has 4 rings (SSSR count). The summed E-state index contributed by atoms with van der Waals surface area (Å²) >= 11 is 0. The van der Waals surface area contributed by atoms with Gasteiger partial charge in [0.25, 0.3) is 0 Å². The predicted octanol–water partition coefficient (Wildman–Crippen LogP) is 2.83. The van der Waals surface area contributed by atoms with Gasteiger partial charge in [0.05, 0.1) is 12.3 Å². The molecule has 0 bridgehead atoms. The van der Waals surface area contributed by atoms with Gasteiger partial charge in [0.2, 0.25) is 17.8 Å². The highest BCUT2D eigenvalue weighted by Crippen LogP contribution is 2.30. The molecular weight excluding hydrogens is 380 g/mol. The predicted molar refractivity (Wildman–Crippen MR) is 114 cm³/mol. The number of hydrogen-bond donors (Lipinski definition) is 1. The van der Waals surface area contributed by atoms with E-state index < -0.39 is 0 Å². The Labute approximate surface area is 176 Å². The first-order valence-electron chi connectivity index (χ1n) is 10.3. The van der Waals surface area contributed by atoms with Crippen LogP contribution >= 0.6 is 0 Å². The number of benzene rings is 2. The van der Waals surface area contributed by atoms with Crippen LogP contribution in [0, 0.1) is 0 Å². The van der Waals surface area contributed by atoms with Gasteiger partial charge in [-0.25, -0.2) is 4.99 Å². The summed E-state index contributed by atoms with van der Waals surface area (Å²) in [5.41, 5.74) is 3.02. The molecule has 0 radical (unpaired) electrons. The topological polar surface area (TPSA) is 74.2 Å². The number of amides is 2. The molecule has 7 heteroatoms. The molecule has 1 N–H and O–H groups in total. The van der Waals surface area contributed by atoms with E-state index in [1.165, 1.54) is 0 Å². The molecule has 2 aromatic rings. The summed E-state index contributed by atoms with van der Waals surface area (Å²) < 4.78 is 5.87. The van der Waals surface area contributed by atoms with E-state index in [1.807, 2.05) is 65.3 Å². The van der Waals surface area contributed by atoms with Gasteiger partial charge in [-0.2, -0.15) is 0 Å². The van der Waals surface area contributed by atoms with Crippen LogP contribution in [-0.4, -0.2) is 47.3 Å². The van der Waals surface area contributed by atoms with Gasteiger partial charge in [0, 0.05) is 31.6 Å². The van der Waals surface area contributed by atoms with Crippen molar-refractivity contribution in [2.45, 2.75) is 32.9 Å². The van der Waals surface area contributed by atoms with Crippen molar-refractivity contribution >= 4 is 23.5 Å². The van der Waals surface area contributed by atoms with Crippen LogP contribution in [-0.2, 0) is 22.7 Å². The summed E-state index contributed by atoms with van der Waals surface area (Å²) in [5, 5.41) is 2.76. The quantitative estimate of drug-likeness (QED) is 0.684. The summed E-state index contributed by atoms with van der Waals surface area (Å²) in [6.07, 6.45) is 1.12. The van der Waals surface area contributed by atoms with Crippen molar-refractivity contribution in [2.75, 3.05) is 19.7 Å². The third-order valence-electron chi connectivity index (χ3n) is 5.28. The van der Waals surface area contributed by atoms with Gasteiger partial charge in [-0.1, -0.05) is 30.3 Å². The van der Waals surface area contributed by atoms with E-state index in [-0.39, 0.29) is 11.8 Å². The van der Waals surface area contributed by atoms with E-state index in [9.17, 15) is 9.59 Å². The third kappa shape index (κ3) is 4.62. The molecule has 0 unspecified atom stereocenters. The second kappa shape index (κ2) is 8.98. The fraction of sp³-hybridized carbons (Fsp3) is 0.348. The lowest BCUT2D eigenvalue weighted by molar-refractivity contribution is -0.131. The lowest BCUT2D eigenvalue weighted by Crippen LogP contribution is -2.32. The summed E-state index contributed by atoms with van der Waals surface area (Å²) in [4.78, 5) is 32.3. The minimum absolute atomic E-state index is 0.0314. The Morgan fingerprint density at radius 3 is 2.83 bits per heavy atom. The number of nitrogens with one attached hydrogen (secondary N) is 1. The number of fused-ring (bicyclic) bond motifs is 2. The molecule has 0 aromatic heterocycles. The maximum atomic E-state index is 12.5. The van der Waals surface area contributed by atoms with Gasteiger partial charge < -0.3 is 14.5 Å². The zero-order chi connectivity index (χ0) is 20.9. The first-order chi connectivity index (χ1) is 14.6. The maximum absolute atomic E-state index is 12.5. The zero-order valence-corrected chi connectivity index (χ0v) is 17.1. The second-order valence-electron chi connectivity index (χ2n) is 7.48. The molecule has 2 aliphatic rings. The van der Waals surface area contributed by atoms with Crippen LogP contribution in [0.1, 0.15) is 30.9 Å². The number of guanidine groups is 1. The fourth-order valence-electron chi connectivity index (χ4n) is 3.68. The monoisotopic (exact) mass is 406 g/mol. The van der Waals surface area contributed by atoms with E-state index in [4.69, 9.17) is 4.74 Å². The van der Waals surface area contributed by atoms with E-state index in [2.05, 4.69) is 10.3 Å². The number of ether oxygens (including phenoxy) is 1. The van der Waals surface area contributed by atoms with Gasteiger partial charge in [0.15, 0.2) is 0 Å². The van der Waals surface area contributed by atoms with Gasteiger partial charge in [0.1, 0.15) is 12.3 Å². The molecule has 2 heterocycles. The van der Waals surface area contributed by atoms with E-state index >= 15 is 0 Å². The Morgan fingerprint density at radius 2 is 2.03 bits per heavy atom. The summed E-state index contributed by atoms with van der Waals surface area (Å²) in [6.45, 7) is 4.78. The summed E-state index contributed by atoms with van der Waals surface area (Å²) in [6, 6.07) is 15.8. The van der Waals surface area contributed by atoms with Gasteiger partial charge >= 0.3 is 0 Å². The molecule has 30 heavy (non-hydrogen) atoms. The van der Waals surface area contributed by atoms with Crippen molar-refractivity contribution in [1.82, 2.24) is 15.1 Å². The van der Waals surface area contributed by atoms with Crippen LogP contribution in [0.3, 0.4) is 0 Å². The number of aliphatic imine (C=N–C) groups is 1. The van der Waals surface area contributed by atoms with Crippen LogP contribution in [0.5, 0.6) is 5.75 Å². The van der Waals surface area contributed by atoms with Crippen LogP contribution in [0.4, 0.5) is 5.69 Å². The highest BCUT2D eigenvalue weighted by Gasteiger charge is 2.29. The van der Waals surface area contributed by atoms with Crippen molar-refractivity contribution < 1.29 is 14.3 Å². The lowest BCUT2D eigenvalue weighted by Gasteiger charge is -2.23. The van der Waals surface area contributed by atoms with Crippen molar-refractivity contribution in [3.05, 3.63) is 59.7 Å². The van der Waals surface area contributed by atoms with E-state index in [0.29, 0.717) is 51.6 Å². The number of carbonyl (C=O) groups excluding carboxylic acids is 2. The molecule has 0 atom stereocenters. The average Bonchev–Trinajstić information content (AvgIpc) is 3.12. The second-order valence-corrected chi connectivity index (χ2v) is 7.48. The average molecular weight is 406 g/mol. The standard InChI is InChI=1S/C23H26N4O3/c1-2-26(14-17-7-4-3-5-8-17)22(29)9-6-12-30-19-10-11-20-18(13-19)15-27-16-21(28)25-23(27)24-20/h3-5,7-8,10-11,13H,2,6,9,12,14-16H2,1H3,(H,24,25,28). The van der Waals surface area contributed by atoms with Crippen molar-refractivity contribution in [3.8, 4) is 5.75 Å². The number of nitrogens with zero attached hydrogens (tertiary/aromatic N) is 3. The fourth-order valence-corrected chi connectivity index (χ4v) is 3.68. The molecule has 2 amide bonds. The first-order valence-corrected chi connectivity index (χ1v) is 10.3. The smallest absolute Gasteiger partial charge is 0.246 e. The molecule has 0 aliphatic carbocycles. The number of hydrogen-bond acceptors (Lipinski definition) is 5. The molecule has 0 saturated carbocycles. The number of carbonyl (C=O) groups is 2.